The van der Waals surface area contributed by atoms with Crippen LogP contribution in [0.25, 0.3) is 0 Å². The maximum absolute atomic E-state index is 12.0. The molecule has 0 aliphatic carbocycles. The highest BCUT2D eigenvalue weighted by Gasteiger charge is 2.14. The van der Waals surface area contributed by atoms with Crippen molar-refractivity contribution in [1.29, 1.82) is 0 Å². The minimum atomic E-state index is -2.78. The molecule has 0 spiro atoms. The van der Waals surface area contributed by atoms with E-state index in [0.717, 1.165) is 5.56 Å². The molecule has 1 atom stereocenters. The van der Waals surface area contributed by atoms with E-state index in [2.05, 4.69) is 30.2 Å². The van der Waals surface area contributed by atoms with Gasteiger partial charge in [0.2, 0.25) is 0 Å². The maximum atomic E-state index is 12.0. The molecule has 0 saturated heterocycles. The first-order valence-electron chi connectivity index (χ1n) is 5.76. The highest BCUT2D eigenvalue weighted by atomic mass is 32.2. The van der Waals surface area contributed by atoms with Gasteiger partial charge in [0.05, 0.1) is 0 Å². The molecule has 1 N–H and O–H groups in total. The Kier molecular flexibility index (Phi) is 5.41. The van der Waals surface area contributed by atoms with E-state index in [9.17, 15) is 8.78 Å². The Bertz CT molecular complexity index is 362. The molecule has 0 aliphatic rings. The van der Waals surface area contributed by atoms with Crippen LogP contribution in [0, 0.1) is 0 Å². The molecule has 0 aromatic heterocycles. The van der Waals surface area contributed by atoms with Gasteiger partial charge in [-0.3, -0.25) is 4.72 Å². The normalized spacial score (nSPS) is 13.7. The summed E-state index contributed by atoms with van der Waals surface area (Å²) in [5.41, 5.74) is 1.04. The number of hydrogen-bond donors (Lipinski definition) is 1. The highest BCUT2D eigenvalue weighted by molar-refractivity contribution is 7.98. The lowest BCUT2D eigenvalue weighted by molar-refractivity contribution is -0.0498. The zero-order valence-corrected chi connectivity index (χ0v) is 11.9. The third-order valence-corrected chi connectivity index (χ3v) is 3.23. The Morgan fingerprint density at radius 1 is 1.17 bits per heavy atom. The van der Waals surface area contributed by atoms with Crippen molar-refractivity contribution in [1.82, 2.24) is 4.72 Å². The van der Waals surface area contributed by atoms with Crippen LogP contribution in [0.15, 0.2) is 24.3 Å². The van der Waals surface area contributed by atoms with Gasteiger partial charge in [-0.2, -0.15) is 8.78 Å². The van der Waals surface area contributed by atoms with E-state index in [1.165, 1.54) is 0 Å². The molecule has 1 rings (SSSR count). The third-order valence-electron chi connectivity index (χ3n) is 2.15. The lowest BCUT2D eigenvalue weighted by Gasteiger charge is -2.22. The summed E-state index contributed by atoms with van der Waals surface area (Å²) in [6.45, 7) is 5.62. The molecule has 5 heteroatoms. The SMILES string of the molecule is C[C@H](NSC(C)(C)C)c1ccc(OC(F)F)cc1. The molecule has 102 valence electrons. The van der Waals surface area contributed by atoms with Crippen LogP contribution < -0.4 is 9.46 Å². The van der Waals surface area contributed by atoms with Crippen LogP contribution in [0.1, 0.15) is 39.3 Å². The maximum Gasteiger partial charge on any atom is 0.387 e. The molecule has 1 aromatic rings. The molecule has 2 nitrogen and oxygen atoms in total. The highest BCUT2D eigenvalue weighted by Crippen LogP contribution is 2.25. The number of ether oxygens (including phenoxy) is 1. The van der Waals surface area contributed by atoms with Crippen molar-refractivity contribution in [3.63, 3.8) is 0 Å². The molecule has 0 fully saturated rings. The summed E-state index contributed by atoms with van der Waals surface area (Å²) in [7, 11) is 0. The fraction of sp³-hybridized carbons (Fsp3) is 0.538. The van der Waals surface area contributed by atoms with Gasteiger partial charge in [-0.25, -0.2) is 0 Å². The molecule has 0 unspecified atom stereocenters. The average Bonchev–Trinajstić information content (AvgIpc) is 2.25. The molecular formula is C13H19F2NOS. The van der Waals surface area contributed by atoms with Gasteiger partial charge in [-0.15, -0.1) is 0 Å². The van der Waals surface area contributed by atoms with E-state index in [-0.39, 0.29) is 16.5 Å². The molecule has 0 saturated carbocycles. The first-order chi connectivity index (χ1) is 8.28. The van der Waals surface area contributed by atoms with Crippen LogP contribution in [0.2, 0.25) is 0 Å². The molecular weight excluding hydrogens is 256 g/mol. The molecule has 0 aliphatic heterocycles. The van der Waals surface area contributed by atoms with Gasteiger partial charge in [-0.05, 0) is 45.4 Å². The quantitative estimate of drug-likeness (QED) is 0.805. The lowest BCUT2D eigenvalue weighted by Crippen LogP contribution is -2.19. The van der Waals surface area contributed by atoms with E-state index >= 15 is 0 Å². The number of rotatable bonds is 5. The molecule has 18 heavy (non-hydrogen) atoms. The van der Waals surface area contributed by atoms with Crippen molar-refractivity contribution in [3.05, 3.63) is 29.8 Å². The summed E-state index contributed by atoms with van der Waals surface area (Å²) in [6, 6.07) is 6.84. The van der Waals surface area contributed by atoms with Crippen molar-refractivity contribution in [3.8, 4) is 5.75 Å². The second-order valence-corrected chi connectivity index (χ2v) is 6.67. The van der Waals surface area contributed by atoms with Gasteiger partial charge in [-0.1, -0.05) is 24.1 Å². The van der Waals surface area contributed by atoms with Gasteiger partial charge in [0.25, 0.3) is 0 Å². The number of hydrogen-bond acceptors (Lipinski definition) is 3. The molecule has 1 aromatic carbocycles. The zero-order chi connectivity index (χ0) is 13.8. The Balaban J connectivity index is 2.56. The van der Waals surface area contributed by atoms with E-state index in [0.29, 0.717) is 0 Å². The first-order valence-corrected chi connectivity index (χ1v) is 6.58. The fourth-order valence-electron chi connectivity index (χ4n) is 1.27. The zero-order valence-electron chi connectivity index (χ0n) is 11.0. The smallest absolute Gasteiger partial charge is 0.387 e. The Hall–Kier alpha value is -0.810. The van der Waals surface area contributed by atoms with Crippen molar-refractivity contribution in [2.75, 3.05) is 0 Å². The van der Waals surface area contributed by atoms with E-state index < -0.39 is 6.61 Å². The summed E-state index contributed by atoms with van der Waals surface area (Å²) in [5, 5.41) is 0. The second-order valence-electron chi connectivity index (χ2n) is 5.00. The van der Waals surface area contributed by atoms with Gasteiger partial charge >= 0.3 is 6.61 Å². The number of nitrogens with one attached hydrogen (secondary N) is 1. The van der Waals surface area contributed by atoms with Crippen LogP contribution in [-0.4, -0.2) is 11.4 Å². The minimum Gasteiger partial charge on any atom is -0.435 e. The predicted molar refractivity (Wildman–Crippen MR) is 72.0 cm³/mol. The number of alkyl halides is 2. The lowest BCUT2D eigenvalue weighted by atomic mass is 10.1. The van der Waals surface area contributed by atoms with Crippen LogP contribution in [0.3, 0.4) is 0 Å². The standard InChI is InChI=1S/C13H19F2NOS/c1-9(16-18-13(2,3)4)10-5-7-11(8-6-10)17-12(14)15/h5-9,12,16H,1-4H3/t9-/m0/s1. The molecule has 0 heterocycles. The Labute approximate surface area is 111 Å². The van der Waals surface area contributed by atoms with E-state index in [4.69, 9.17) is 0 Å². The fourth-order valence-corrected chi connectivity index (χ4v) is 1.94. The molecule has 0 radical (unpaired) electrons. The van der Waals surface area contributed by atoms with Crippen LogP contribution in [0.5, 0.6) is 5.75 Å². The number of halogens is 2. The van der Waals surface area contributed by atoms with Gasteiger partial charge < -0.3 is 4.74 Å². The van der Waals surface area contributed by atoms with Crippen molar-refractivity contribution in [2.24, 2.45) is 0 Å². The monoisotopic (exact) mass is 275 g/mol. The summed E-state index contributed by atoms with van der Waals surface area (Å²) in [6.07, 6.45) is 0. The number of benzene rings is 1. The third kappa shape index (κ3) is 5.69. The topological polar surface area (TPSA) is 21.3 Å². The van der Waals surface area contributed by atoms with E-state index in [1.807, 2.05) is 6.92 Å². The second kappa shape index (κ2) is 6.38. The largest absolute Gasteiger partial charge is 0.435 e. The van der Waals surface area contributed by atoms with Crippen LogP contribution in [0.4, 0.5) is 8.78 Å². The summed E-state index contributed by atoms with van der Waals surface area (Å²) >= 11 is 1.65. The summed E-state index contributed by atoms with van der Waals surface area (Å²) < 4.78 is 31.8. The predicted octanol–water partition coefficient (Wildman–Crippen LogP) is 4.39. The van der Waals surface area contributed by atoms with Gasteiger partial charge in [0.1, 0.15) is 5.75 Å². The first kappa shape index (κ1) is 15.2. The minimum absolute atomic E-state index is 0.132. The van der Waals surface area contributed by atoms with Crippen molar-refractivity contribution < 1.29 is 13.5 Å². The van der Waals surface area contributed by atoms with Gasteiger partial charge in [0, 0.05) is 10.8 Å². The van der Waals surface area contributed by atoms with E-state index in [1.54, 1.807) is 36.2 Å². The van der Waals surface area contributed by atoms with Gasteiger partial charge in [0.15, 0.2) is 0 Å². The van der Waals surface area contributed by atoms with Crippen LogP contribution in [-0.2, 0) is 0 Å². The average molecular weight is 275 g/mol. The van der Waals surface area contributed by atoms with Crippen molar-refractivity contribution in [2.45, 2.75) is 45.1 Å². The molecule has 0 bridgehead atoms. The Morgan fingerprint density at radius 2 is 1.72 bits per heavy atom. The Morgan fingerprint density at radius 3 is 2.17 bits per heavy atom. The van der Waals surface area contributed by atoms with Crippen molar-refractivity contribution >= 4 is 11.9 Å². The summed E-state index contributed by atoms with van der Waals surface area (Å²) in [5.74, 6) is 0.185. The molecule has 0 amide bonds. The van der Waals surface area contributed by atoms with Crippen LogP contribution >= 0.6 is 11.9 Å². The summed E-state index contributed by atoms with van der Waals surface area (Å²) in [4.78, 5) is 0.